The maximum Gasteiger partial charge on any atom is 0.302 e. The van der Waals surface area contributed by atoms with Gasteiger partial charge in [0.2, 0.25) is 12.7 Å². The van der Waals surface area contributed by atoms with E-state index in [2.05, 4.69) is 15.6 Å². The average molecular weight is 464 g/mol. The molecule has 5 rings (SSSR count). The summed E-state index contributed by atoms with van der Waals surface area (Å²) in [5.74, 6) is 0.933. The highest BCUT2D eigenvalue weighted by molar-refractivity contribution is 8.14. The van der Waals surface area contributed by atoms with Crippen LogP contribution in [0.3, 0.4) is 0 Å². The predicted octanol–water partition coefficient (Wildman–Crippen LogP) is 2.34. The maximum atomic E-state index is 13.2. The van der Waals surface area contributed by atoms with E-state index in [-0.39, 0.29) is 35.9 Å². The van der Waals surface area contributed by atoms with Crippen LogP contribution in [0.2, 0.25) is 0 Å². The molecule has 10 nitrogen and oxygen atoms in total. The molecule has 2 aliphatic heterocycles. The van der Waals surface area contributed by atoms with Crippen LogP contribution in [0.4, 0.5) is 11.6 Å². The highest BCUT2D eigenvalue weighted by Crippen LogP contribution is 2.34. The first kappa shape index (κ1) is 20.8. The van der Waals surface area contributed by atoms with Gasteiger partial charge in [0.1, 0.15) is 5.70 Å². The van der Waals surface area contributed by atoms with Gasteiger partial charge in [-0.2, -0.15) is 0 Å². The molecule has 0 aliphatic carbocycles. The minimum Gasteiger partial charge on any atom is -0.454 e. The molecule has 0 unspecified atom stereocenters. The van der Waals surface area contributed by atoms with Gasteiger partial charge in [-0.3, -0.25) is 24.3 Å². The van der Waals surface area contributed by atoms with Crippen LogP contribution in [0.15, 0.2) is 69.9 Å². The molecule has 1 aromatic heterocycles. The van der Waals surface area contributed by atoms with Crippen molar-refractivity contribution in [2.24, 2.45) is 12.0 Å². The van der Waals surface area contributed by atoms with Crippen molar-refractivity contribution in [1.29, 1.82) is 0 Å². The lowest BCUT2D eigenvalue weighted by atomic mass is 10.1. The number of thioether (sulfide) groups is 1. The molecule has 0 saturated heterocycles. The Morgan fingerprint density at radius 2 is 2.03 bits per heavy atom. The first-order valence-electron chi connectivity index (χ1n) is 9.92. The number of para-hydroxylation sites is 1. The molecule has 3 heterocycles. The zero-order valence-electron chi connectivity index (χ0n) is 17.4. The van der Waals surface area contributed by atoms with Gasteiger partial charge in [-0.15, -0.1) is 0 Å². The molecular formula is C22H18N5O5S+. The second kappa shape index (κ2) is 8.79. The second-order valence-corrected chi connectivity index (χ2v) is 8.03. The Hall–Kier alpha value is -4.12. The summed E-state index contributed by atoms with van der Waals surface area (Å²) in [6, 6.07) is 14.6. The number of amidine groups is 1. The van der Waals surface area contributed by atoms with Crippen LogP contribution in [0.25, 0.3) is 6.08 Å². The minimum atomic E-state index is -0.312. The number of anilines is 2. The number of aromatic nitrogens is 2. The second-order valence-electron chi connectivity index (χ2n) is 7.09. The third-order valence-corrected chi connectivity index (χ3v) is 5.65. The van der Waals surface area contributed by atoms with Gasteiger partial charge in [0, 0.05) is 0 Å². The van der Waals surface area contributed by atoms with E-state index >= 15 is 0 Å². The lowest BCUT2D eigenvalue weighted by molar-refractivity contribution is -0.739. The van der Waals surface area contributed by atoms with Gasteiger partial charge in [0.05, 0.1) is 11.4 Å². The highest BCUT2D eigenvalue weighted by Gasteiger charge is 2.32. The van der Waals surface area contributed by atoms with Crippen LogP contribution in [-0.2, 0) is 16.6 Å². The van der Waals surface area contributed by atoms with E-state index in [1.807, 2.05) is 36.4 Å². The number of aryl methyl sites for hydroxylation is 1. The molecular weight excluding hydrogens is 446 g/mol. The Labute approximate surface area is 192 Å². The minimum absolute atomic E-state index is 0.0250. The molecule has 2 aliphatic rings. The SMILES string of the molecule is C[n+]1cc(NC(=O)CSC2=N/C(=C/c3ccc4c(c3)OCO4)C(=O)N2c2ccccc2)on1. The smallest absolute Gasteiger partial charge is 0.302 e. The van der Waals surface area contributed by atoms with E-state index in [9.17, 15) is 9.59 Å². The Bertz CT molecular complexity index is 1290. The molecule has 2 amide bonds. The topological polar surface area (TPSA) is 110 Å². The van der Waals surface area contributed by atoms with Crippen molar-refractivity contribution < 1.29 is 28.3 Å². The molecule has 1 N–H and O–H groups in total. The third-order valence-electron chi connectivity index (χ3n) is 4.71. The summed E-state index contributed by atoms with van der Waals surface area (Å²) in [6.07, 6.45) is 3.23. The number of aliphatic imine (C=N–C) groups is 1. The first-order chi connectivity index (χ1) is 16.1. The Morgan fingerprint density at radius 3 is 2.82 bits per heavy atom. The monoisotopic (exact) mass is 464 g/mol. The van der Waals surface area contributed by atoms with Gasteiger partial charge in [-0.25, -0.2) is 4.99 Å². The molecule has 2 aromatic carbocycles. The molecule has 0 atom stereocenters. The Morgan fingerprint density at radius 1 is 1.21 bits per heavy atom. The van der Waals surface area contributed by atoms with Gasteiger partial charge in [0.15, 0.2) is 29.0 Å². The standard InChI is InChI=1S/C22H17N5O5S/c1-26-11-20(32-25-26)24-19(28)12-33-22-23-16(21(29)27(22)15-5-3-2-4-6-15)9-14-7-8-17-18(10-14)31-13-30-17/h2-11H,12-13H2,1H3/p+1/b16-9+. The van der Waals surface area contributed by atoms with Crippen molar-refractivity contribution in [2.45, 2.75) is 0 Å². The van der Waals surface area contributed by atoms with Crippen LogP contribution >= 0.6 is 11.8 Å². The maximum absolute atomic E-state index is 13.2. The normalized spacial score (nSPS) is 15.8. The van der Waals surface area contributed by atoms with E-state index in [0.29, 0.717) is 22.4 Å². The van der Waals surface area contributed by atoms with Gasteiger partial charge in [-0.05, 0) is 35.9 Å². The molecule has 166 valence electrons. The number of amides is 2. The van der Waals surface area contributed by atoms with Crippen molar-refractivity contribution in [3.05, 3.63) is 66.0 Å². The zero-order valence-corrected chi connectivity index (χ0v) is 18.2. The van der Waals surface area contributed by atoms with E-state index in [1.165, 1.54) is 9.58 Å². The Kier molecular flexibility index (Phi) is 5.53. The van der Waals surface area contributed by atoms with Crippen molar-refractivity contribution >= 4 is 46.4 Å². The fourth-order valence-corrected chi connectivity index (χ4v) is 4.06. The van der Waals surface area contributed by atoms with Crippen molar-refractivity contribution in [3.63, 3.8) is 0 Å². The first-order valence-corrected chi connectivity index (χ1v) is 10.9. The molecule has 0 bridgehead atoms. The summed E-state index contributed by atoms with van der Waals surface area (Å²) >= 11 is 1.15. The number of rotatable bonds is 5. The van der Waals surface area contributed by atoms with Gasteiger partial charge < -0.3 is 9.47 Å². The third kappa shape index (κ3) is 4.44. The van der Waals surface area contributed by atoms with Crippen LogP contribution in [0, 0.1) is 0 Å². The van der Waals surface area contributed by atoms with Crippen molar-refractivity contribution in [1.82, 2.24) is 5.27 Å². The molecule has 0 saturated carbocycles. The summed E-state index contributed by atoms with van der Waals surface area (Å²) in [4.78, 5) is 31.6. The highest BCUT2D eigenvalue weighted by atomic mass is 32.2. The number of benzene rings is 2. The number of carbonyl (C=O) groups is 2. The van der Waals surface area contributed by atoms with Crippen molar-refractivity contribution in [3.8, 4) is 11.5 Å². The average Bonchev–Trinajstić information content (AvgIpc) is 3.52. The summed E-state index contributed by atoms with van der Waals surface area (Å²) in [6.45, 7) is 0.170. The van der Waals surface area contributed by atoms with Crippen LogP contribution in [0.1, 0.15) is 5.56 Å². The van der Waals surface area contributed by atoms with Crippen molar-refractivity contribution in [2.75, 3.05) is 22.8 Å². The lowest BCUT2D eigenvalue weighted by Crippen LogP contribution is -2.31. The fourth-order valence-electron chi connectivity index (χ4n) is 3.24. The zero-order chi connectivity index (χ0) is 22.8. The largest absolute Gasteiger partial charge is 0.454 e. The summed E-state index contributed by atoms with van der Waals surface area (Å²) in [5.41, 5.74) is 1.66. The van der Waals surface area contributed by atoms with Gasteiger partial charge >= 0.3 is 5.88 Å². The van der Waals surface area contributed by atoms with E-state index < -0.39 is 0 Å². The van der Waals surface area contributed by atoms with Gasteiger partial charge in [0.25, 0.3) is 12.1 Å². The van der Waals surface area contributed by atoms with Crippen LogP contribution < -0.4 is 24.4 Å². The molecule has 33 heavy (non-hydrogen) atoms. The number of hydrogen-bond acceptors (Lipinski definition) is 8. The number of fused-ring (bicyclic) bond motifs is 1. The van der Waals surface area contributed by atoms with E-state index in [1.54, 1.807) is 31.5 Å². The fraction of sp³-hybridized carbons (Fsp3) is 0.136. The number of hydrogen-bond donors (Lipinski definition) is 1. The number of nitrogens with zero attached hydrogens (tertiary/aromatic N) is 4. The quantitative estimate of drug-likeness (QED) is 0.456. The number of ether oxygens (including phenoxy) is 2. The number of carbonyl (C=O) groups excluding carboxylic acids is 2. The lowest BCUT2D eigenvalue weighted by Gasteiger charge is -2.17. The van der Waals surface area contributed by atoms with E-state index in [0.717, 1.165) is 17.3 Å². The summed E-state index contributed by atoms with van der Waals surface area (Å²) < 4.78 is 17.2. The summed E-state index contributed by atoms with van der Waals surface area (Å²) in [5, 5.41) is 6.68. The summed E-state index contributed by atoms with van der Waals surface area (Å²) in [7, 11) is 1.68. The van der Waals surface area contributed by atoms with Crippen LogP contribution in [-0.4, -0.2) is 34.8 Å². The molecule has 11 heteroatoms. The Balaban J connectivity index is 1.38. The van der Waals surface area contributed by atoms with Crippen LogP contribution in [0.5, 0.6) is 11.5 Å². The molecule has 0 radical (unpaired) electrons. The molecule has 0 spiro atoms. The van der Waals surface area contributed by atoms with E-state index in [4.69, 9.17) is 14.0 Å². The predicted molar refractivity (Wildman–Crippen MR) is 121 cm³/mol. The van der Waals surface area contributed by atoms with Gasteiger partial charge in [-0.1, -0.05) is 40.7 Å². The molecule has 0 fully saturated rings. The number of nitrogens with one attached hydrogen (secondary N) is 1. The molecule has 3 aromatic rings.